The number of sulfonamides is 1. The van der Waals surface area contributed by atoms with E-state index in [1.165, 1.54) is 0 Å². The minimum Gasteiger partial charge on any atom is -0.357 e. The third kappa shape index (κ3) is 6.75. The largest absolute Gasteiger partial charge is 0.357 e. The molecule has 3 N–H and O–H groups in total. The average molecular weight is 390 g/mol. The van der Waals surface area contributed by atoms with Crippen LogP contribution in [0.15, 0.2) is 4.99 Å². The van der Waals surface area contributed by atoms with Crippen LogP contribution >= 0.6 is 0 Å². The van der Waals surface area contributed by atoms with Crippen molar-refractivity contribution in [2.75, 3.05) is 38.5 Å². The smallest absolute Gasteiger partial charge is 0.227 e. The molecule has 0 saturated carbocycles. The van der Waals surface area contributed by atoms with Crippen LogP contribution in [0.2, 0.25) is 0 Å². The van der Waals surface area contributed by atoms with E-state index in [4.69, 9.17) is 0 Å². The Morgan fingerprint density at radius 3 is 2.19 bits per heavy atom. The number of carbonyl (C=O) groups is 1. The maximum atomic E-state index is 12.1. The number of guanidine groups is 1. The second kappa shape index (κ2) is 10.1. The Balaban J connectivity index is 2.65. The van der Waals surface area contributed by atoms with Crippen LogP contribution in [0.4, 0.5) is 0 Å². The van der Waals surface area contributed by atoms with Crippen molar-refractivity contribution in [2.24, 2.45) is 10.4 Å². The molecule has 0 radical (unpaired) electrons. The summed E-state index contributed by atoms with van der Waals surface area (Å²) >= 11 is 0. The predicted molar refractivity (Wildman–Crippen MR) is 106 cm³/mol. The molecule has 1 rings (SSSR count). The first-order valence-electron chi connectivity index (χ1n) is 9.47. The highest BCUT2D eigenvalue weighted by Gasteiger charge is 2.29. The zero-order valence-corrected chi connectivity index (χ0v) is 17.6. The summed E-state index contributed by atoms with van der Waals surface area (Å²) in [6.45, 7) is 12.0. The molecule has 0 spiro atoms. The minimum atomic E-state index is -3.11. The fourth-order valence-corrected chi connectivity index (χ4v) is 3.85. The standard InChI is InChI=1S/C17H35N5O3S/c1-6-18-15(23)17(4,5)13-20-16(19-7-2)21-14-9-11-22(12-10-14)26(24,25)8-3/h14H,6-13H2,1-5H3,(H,18,23)(H2,19,20,21). The van der Waals surface area contributed by atoms with E-state index in [2.05, 4.69) is 20.9 Å². The van der Waals surface area contributed by atoms with E-state index >= 15 is 0 Å². The van der Waals surface area contributed by atoms with Gasteiger partial charge in [-0.15, -0.1) is 0 Å². The van der Waals surface area contributed by atoms with Gasteiger partial charge in [0.1, 0.15) is 0 Å². The number of piperidine rings is 1. The van der Waals surface area contributed by atoms with Gasteiger partial charge in [-0.05, 0) is 47.5 Å². The molecule has 1 aliphatic heterocycles. The van der Waals surface area contributed by atoms with Crippen molar-refractivity contribution in [1.82, 2.24) is 20.3 Å². The summed E-state index contributed by atoms with van der Waals surface area (Å²) in [5, 5.41) is 9.41. The molecular weight excluding hydrogens is 354 g/mol. The molecule has 0 bridgehead atoms. The molecule has 0 atom stereocenters. The molecular formula is C17H35N5O3S. The molecule has 0 unspecified atom stereocenters. The summed E-state index contributed by atoms with van der Waals surface area (Å²) in [7, 11) is -3.11. The van der Waals surface area contributed by atoms with Gasteiger partial charge in [0, 0.05) is 32.2 Å². The molecule has 1 aliphatic rings. The SMILES string of the molecule is CCNC(=O)C(C)(C)CN=C(NCC)NC1CCN(S(=O)(=O)CC)CC1. The first-order chi connectivity index (χ1) is 12.2. The summed E-state index contributed by atoms with van der Waals surface area (Å²) in [6.07, 6.45) is 1.48. The topological polar surface area (TPSA) is 103 Å². The number of amides is 1. The van der Waals surface area contributed by atoms with Gasteiger partial charge in [-0.2, -0.15) is 0 Å². The van der Waals surface area contributed by atoms with Crippen molar-refractivity contribution in [3.8, 4) is 0 Å². The van der Waals surface area contributed by atoms with Gasteiger partial charge in [0.2, 0.25) is 15.9 Å². The zero-order chi connectivity index (χ0) is 19.8. The van der Waals surface area contributed by atoms with Crippen LogP contribution in [0.5, 0.6) is 0 Å². The van der Waals surface area contributed by atoms with Gasteiger partial charge in [0.15, 0.2) is 5.96 Å². The molecule has 8 nitrogen and oxygen atoms in total. The van der Waals surface area contributed by atoms with Gasteiger partial charge >= 0.3 is 0 Å². The minimum absolute atomic E-state index is 0.0160. The van der Waals surface area contributed by atoms with E-state index in [0.717, 1.165) is 19.4 Å². The molecule has 0 aromatic carbocycles. The molecule has 1 amide bonds. The first kappa shape index (κ1) is 22.7. The number of nitrogens with one attached hydrogen (secondary N) is 3. The Morgan fingerprint density at radius 1 is 1.12 bits per heavy atom. The van der Waals surface area contributed by atoms with Crippen LogP contribution in [-0.2, 0) is 14.8 Å². The van der Waals surface area contributed by atoms with Crippen LogP contribution in [0.3, 0.4) is 0 Å². The number of hydrogen-bond donors (Lipinski definition) is 3. The highest BCUT2D eigenvalue weighted by atomic mass is 32.2. The molecule has 1 heterocycles. The third-order valence-electron chi connectivity index (χ3n) is 4.48. The lowest BCUT2D eigenvalue weighted by Crippen LogP contribution is -2.50. The van der Waals surface area contributed by atoms with Crippen molar-refractivity contribution in [1.29, 1.82) is 0 Å². The monoisotopic (exact) mass is 389 g/mol. The number of hydrogen-bond acceptors (Lipinski definition) is 4. The maximum absolute atomic E-state index is 12.1. The van der Waals surface area contributed by atoms with Crippen molar-refractivity contribution in [3.05, 3.63) is 0 Å². The normalized spacial score (nSPS) is 17.8. The van der Waals surface area contributed by atoms with Crippen LogP contribution in [0.25, 0.3) is 0 Å². The summed E-state index contributed by atoms with van der Waals surface area (Å²) in [4.78, 5) is 16.7. The molecule has 1 fully saturated rings. The van der Waals surface area contributed by atoms with E-state index in [1.54, 1.807) is 11.2 Å². The van der Waals surface area contributed by atoms with Crippen molar-refractivity contribution in [2.45, 2.75) is 53.5 Å². The van der Waals surface area contributed by atoms with Crippen LogP contribution < -0.4 is 16.0 Å². The van der Waals surface area contributed by atoms with Gasteiger partial charge in [-0.3, -0.25) is 9.79 Å². The van der Waals surface area contributed by atoms with Crippen LogP contribution in [0.1, 0.15) is 47.5 Å². The molecule has 9 heteroatoms. The van der Waals surface area contributed by atoms with Crippen molar-refractivity contribution in [3.63, 3.8) is 0 Å². The number of nitrogens with zero attached hydrogens (tertiary/aromatic N) is 2. The van der Waals surface area contributed by atoms with Crippen LogP contribution in [0, 0.1) is 5.41 Å². The molecule has 152 valence electrons. The summed E-state index contributed by atoms with van der Waals surface area (Å²) in [5.74, 6) is 0.795. The second-order valence-electron chi connectivity index (χ2n) is 7.16. The Labute approximate surface area is 158 Å². The number of aliphatic imine (C=N–C) groups is 1. The van der Waals surface area contributed by atoms with E-state index in [-0.39, 0.29) is 17.7 Å². The van der Waals surface area contributed by atoms with Gasteiger partial charge in [-0.1, -0.05) is 0 Å². The summed E-state index contributed by atoms with van der Waals surface area (Å²) in [6, 6.07) is 0.170. The Morgan fingerprint density at radius 2 is 1.69 bits per heavy atom. The van der Waals surface area contributed by atoms with Crippen molar-refractivity contribution >= 4 is 21.9 Å². The molecule has 1 saturated heterocycles. The molecule has 0 aromatic heterocycles. The van der Waals surface area contributed by atoms with Gasteiger partial charge in [0.25, 0.3) is 0 Å². The van der Waals surface area contributed by atoms with E-state index < -0.39 is 15.4 Å². The highest BCUT2D eigenvalue weighted by molar-refractivity contribution is 7.89. The quantitative estimate of drug-likeness (QED) is 0.415. The lowest BCUT2D eigenvalue weighted by Gasteiger charge is -2.32. The Bertz CT molecular complexity index is 581. The van der Waals surface area contributed by atoms with Crippen molar-refractivity contribution < 1.29 is 13.2 Å². The second-order valence-corrected chi connectivity index (χ2v) is 9.41. The third-order valence-corrected chi connectivity index (χ3v) is 6.36. The highest BCUT2D eigenvalue weighted by Crippen LogP contribution is 2.16. The lowest BCUT2D eigenvalue weighted by atomic mass is 9.92. The van der Waals surface area contributed by atoms with Gasteiger partial charge in [-0.25, -0.2) is 12.7 Å². The number of rotatable bonds is 8. The Kier molecular flexibility index (Phi) is 8.82. The summed E-state index contributed by atoms with van der Waals surface area (Å²) in [5.41, 5.74) is -0.586. The average Bonchev–Trinajstić information content (AvgIpc) is 2.60. The first-order valence-corrected chi connectivity index (χ1v) is 11.1. The zero-order valence-electron chi connectivity index (χ0n) is 16.8. The predicted octanol–water partition coefficient (Wildman–Crippen LogP) is 0.518. The molecule has 26 heavy (non-hydrogen) atoms. The van der Waals surface area contributed by atoms with Crippen LogP contribution in [-0.4, -0.2) is 69.1 Å². The molecule has 0 aromatic rings. The van der Waals surface area contributed by atoms with Gasteiger partial charge in [0.05, 0.1) is 17.7 Å². The van der Waals surface area contributed by atoms with E-state index in [9.17, 15) is 13.2 Å². The Hall–Kier alpha value is -1.35. The lowest BCUT2D eigenvalue weighted by molar-refractivity contribution is -0.128. The fourth-order valence-electron chi connectivity index (χ4n) is 2.72. The number of carbonyl (C=O) groups excluding carboxylic acids is 1. The van der Waals surface area contributed by atoms with E-state index in [0.29, 0.717) is 32.1 Å². The summed E-state index contributed by atoms with van der Waals surface area (Å²) < 4.78 is 25.5. The van der Waals surface area contributed by atoms with E-state index in [1.807, 2.05) is 27.7 Å². The fraction of sp³-hybridized carbons (Fsp3) is 0.882. The maximum Gasteiger partial charge on any atom is 0.227 e. The molecule has 0 aliphatic carbocycles. The van der Waals surface area contributed by atoms with Gasteiger partial charge < -0.3 is 16.0 Å².